The number of methoxy groups -OCH3 is 1. The largest absolute Gasteiger partial charge is 0.497 e. The molecule has 3 rings (SSSR count). The third-order valence-corrected chi connectivity index (χ3v) is 4.49. The Morgan fingerprint density at radius 3 is 2.45 bits per heavy atom. The SMILES string of the molecule is COc1ccc(CNC(=O)[C@H]2[C@@H](C(=O)O)[C@H]3CC[C@@H]2O3)cc1. The molecule has 1 aromatic rings. The number of rotatable bonds is 5. The van der Waals surface area contributed by atoms with E-state index in [0.717, 1.165) is 24.2 Å². The normalized spacial score (nSPS) is 29.3. The molecule has 6 heteroatoms. The summed E-state index contributed by atoms with van der Waals surface area (Å²) in [6.07, 6.45) is 0.903. The van der Waals surface area contributed by atoms with Crippen LogP contribution in [-0.4, -0.2) is 36.3 Å². The number of carboxylic acid groups (broad SMARTS) is 1. The lowest BCUT2D eigenvalue weighted by molar-refractivity contribution is -0.147. The van der Waals surface area contributed by atoms with E-state index in [1.54, 1.807) is 7.11 Å². The van der Waals surface area contributed by atoms with Crippen molar-refractivity contribution >= 4 is 11.9 Å². The van der Waals surface area contributed by atoms with Gasteiger partial charge >= 0.3 is 5.97 Å². The van der Waals surface area contributed by atoms with Gasteiger partial charge in [-0.1, -0.05) is 12.1 Å². The molecule has 0 saturated carbocycles. The van der Waals surface area contributed by atoms with Crippen molar-refractivity contribution in [2.45, 2.75) is 31.6 Å². The van der Waals surface area contributed by atoms with Crippen molar-refractivity contribution < 1.29 is 24.2 Å². The highest BCUT2D eigenvalue weighted by Crippen LogP contribution is 2.43. The molecule has 0 aliphatic carbocycles. The summed E-state index contributed by atoms with van der Waals surface area (Å²) in [6.45, 7) is 0.364. The Morgan fingerprint density at radius 1 is 1.23 bits per heavy atom. The second-order valence-electron chi connectivity index (χ2n) is 5.75. The first-order chi connectivity index (χ1) is 10.6. The van der Waals surface area contributed by atoms with Crippen molar-refractivity contribution in [1.82, 2.24) is 5.32 Å². The number of carbonyl (C=O) groups is 2. The monoisotopic (exact) mass is 305 g/mol. The molecule has 2 fully saturated rings. The molecule has 118 valence electrons. The van der Waals surface area contributed by atoms with Crippen LogP contribution in [0.2, 0.25) is 0 Å². The highest BCUT2D eigenvalue weighted by Gasteiger charge is 2.55. The van der Waals surface area contributed by atoms with Gasteiger partial charge in [0.1, 0.15) is 5.75 Å². The molecule has 1 aromatic carbocycles. The minimum Gasteiger partial charge on any atom is -0.497 e. The summed E-state index contributed by atoms with van der Waals surface area (Å²) in [5, 5.41) is 12.1. The summed E-state index contributed by atoms with van der Waals surface area (Å²) < 4.78 is 10.7. The molecular weight excluding hydrogens is 286 g/mol. The smallest absolute Gasteiger partial charge is 0.310 e. The van der Waals surface area contributed by atoms with Gasteiger partial charge in [0.15, 0.2) is 0 Å². The zero-order valence-electron chi connectivity index (χ0n) is 12.3. The molecule has 6 nitrogen and oxygen atoms in total. The molecular formula is C16H19NO5. The van der Waals surface area contributed by atoms with Crippen molar-refractivity contribution in [2.75, 3.05) is 7.11 Å². The molecule has 22 heavy (non-hydrogen) atoms. The van der Waals surface area contributed by atoms with E-state index in [1.165, 1.54) is 0 Å². The van der Waals surface area contributed by atoms with Crippen LogP contribution >= 0.6 is 0 Å². The molecule has 0 aromatic heterocycles. The van der Waals surface area contributed by atoms with Gasteiger partial charge in [-0.15, -0.1) is 0 Å². The lowest BCUT2D eigenvalue weighted by atomic mass is 9.78. The average molecular weight is 305 g/mol. The molecule has 2 bridgehead atoms. The van der Waals surface area contributed by atoms with Gasteiger partial charge in [0.25, 0.3) is 0 Å². The average Bonchev–Trinajstić information content (AvgIpc) is 3.14. The second kappa shape index (κ2) is 5.96. The van der Waals surface area contributed by atoms with Gasteiger partial charge in [0.2, 0.25) is 5.91 Å². The van der Waals surface area contributed by atoms with Gasteiger partial charge in [-0.05, 0) is 30.5 Å². The van der Waals surface area contributed by atoms with E-state index in [0.29, 0.717) is 6.54 Å². The van der Waals surface area contributed by atoms with Crippen LogP contribution in [0, 0.1) is 11.8 Å². The van der Waals surface area contributed by atoms with Gasteiger partial charge in [-0.25, -0.2) is 0 Å². The number of nitrogens with one attached hydrogen (secondary N) is 1. The fourth-order valence-electron chi connectivity index (χ4n) is 3.38. The third-order valence-electron chi connectivity index (χ3n) is 4.49. The van der Waals surface area contributed by atoms with E-state index in [1.807, 2.05) is 24.3 Å². The first-order valence-electron chi connectivity index (χ1n) is 7.39. The topological polar surface area (TPSA) is 84.9 Å². The summed E-state index contributed by atoms with van der Waals surface area (Å²) in [5.41, 5.74) is 0.935. The van der Waals surface area contributed by atoms with Gasteiger partial charge in [0, 0.05) is 6.54 Å². The van der Waals surface area contributed by atoms with Crippen LogP contribution in [0.1, 0.15) is 18.4 Å². The summed E-state index contributed by atoms with van der Waals surface area (Å²) in [7, 11) is 1.60. The summed E-state index contributed by atoms with van der Waals surface area (Å²) in [4.78, 5) is 23.7. The van der Waals surface area contributed by atoms with Gasteiger partial charge in [-0.3, -0.25) is 9.59 Å². The third kappa shape index (κ3) is 2.66. The Hall–Kier alpha value is -2.08. The van der Waals surface area contributed by atoms with Crippen LogP contribution < -0.4 is 10.1 Å². The number of amides is 1. The van der Waals surface area contributed by atoms with Crippen molar-refractivity contribution in [3.05, 3.63) is 29.8 Å². The zero-order valence-corrected chi connectivity index (χ0v) is 12.3. The first-order valence-corrected chi connectivity index (χ1v) is 7.39. The lowest BCUT2D eigenvalue weighted by Crippen LogP contribution is -2.43. The minimum absolute atomic E-state index is 0.240. The predicted molar refractivity (Wildman–Crippen MR) is 77.4 cm³/mol. The Balaban J connectivity index is 1.62. The molecule has 1 amide bonds. The highest BCUT2D eigenvalue weighted by molar-refractivity contribution is 5.86. The van der Waals surface area contributed by atoms with Crippen LogP contribution in [0.5, 0.6) is 5.75 Å². The number of hydrogen-bond acceptors (Lipinski definition) is 4. The minimum atomic E-state index is -0.947. The van der Waals surface area contributed by atoms with E-state index in [-0.39, 0.29) is 18.1 Å². The molecule has 0 radical (unpaired) electrons. The number of benzene rings is 1. The lowest BCUT2D eigenvalue weighted by Gasteiger charge is -2.23. The Kier molecular flexibility index (Phi) is 4.02. The van der Waals surface area contributed by atoms with E-state index < -0.39 is 17.8 Å². The van der Waals surface area contributed by atoms with Crippen LogP contribution in [-0.2, 0) is 20.9 Å². The standard InChI is InChI=1S/C16H19NO5/c1-21-10-4-2-9(3-5-10)8-17-15(18)13-11-6-7-12(22-11)14(13)16(19)20/h2-5,11-14H,6-8H2,1H3,(H,17,18)(H,19,20)/t11-,12+,13+,14-/m0/s1. The number of aliphatic carboxylic acids is 1. The van der Waals surface area contributed by atoms with Crippen LogP contribution in [0.15, 0.2) is 24.3 Å². The van der Waals surface area contributed by atoms with Gasteiger partial charge in [-0.2, -0.15) is 0 Å². The van der Waals surface area contributed by atoms with E-state index in [9.17, 15) is 14.7 Å². The first kappa shape index (κ1) is 14.8. The van der Waals surface area contributed by atoms with Gasteiger partial charge in [0.05, 0.1) is 31.2 Å². The Labute approximate surface area is 128 Å². The van der Waals surface area contributed by atoms with Crippen molar-refractivity contribution in [1.29, 1.82) is 0 Å². The number of fused-ring (bicyclic) bond motifs is 2. The number of carbonyl (C=O) groups excluding carboxylic acids is 1. The maximum atomic E-state index is 12.4. The summed E-state index contributed by atoms with van der Waals surface area (Å²) in [5.74, 6) is -1.75. The van der Waals surface area contributed by atoms with Crippen LogP contribution in [0.3, 0.4) is 0 Å². The maximum Gasteiger partial charge on any atom is 0.310 e. The van der Waals surface area contributed by atoms with Crippen molar-refractivity contribution in [2.24, 2.45) is 11.8 Å². The number of carboxylic acids is 1. The predicted octanol–water partition coefficient (Wildman–Crippen LogP) is 1.19. The quantitative estimate of drug-likeness (QED) is 0.853. The van der Waals surface area contributed by atoms with Crippen molar-refractivity contribution in [3.8, 4) is 5.75 Å². The molecule has 2 saturated heterocycles. The second-order valence-corrected chi connectivity index (χ2v) is 5.75. The molecule has 0 spiro atoms. The molecule has 2 aliphatic rings. The maximum absolute atomic E-state index is 12.4. The molecule has 2 aliphatic heterocycles. The fraction of sp³-hybridized carbons (Fsp3) is 0.500. The summed E-state index contributed by atoms with van der Waals surface area (Å²) in [6, 6.07) is 7.38. The molecule has 4 atom stereocenters. The number of ether oxygens (including phenoxy) is 2. The highest BCUT2D eigenvalue weighted by atomic mass is 16.5. The van der Waals surface area contributed by atoms with E-state index in [4.69, 9.17) is 9.47 Å². The van der Waals surface area contributed by atoms with E-state index >= 15 is 0 Å². The molecule has 0 unspecified atom stereocenters. The van der Waals surface area contributed by atoms with Crippen LogP contribution in [0.4, 0.5) is 0 Å². The number of hydrogen-bond donors (Lipinski definition) is 2. The Bertz CT molecular complexity index is 570. The Morgan fingerprint density at radius 2 is 1.86 bits per heavy atom. The van der Waals surface area contributed by atoms with Crippen molar-refractivity contribution in [3.63, 3.8) is 0 Å². The fourth-order valence-corrected chi connectivity index (χ4v) is 3.38. The molecule has 2 heterocycles. The molecule has 2 N–H and O–H groups in total. The van der Waals surface area contributed by atoms with Crippen LogP contribution in [0.25, 0.3) is 0 Å². The zero-order chi connectivity index (χ0) is 15.7. The van der Waals surface area contributed by atoms with E-state index in [2.05, 4.69) is 5.32 Å². The van der Waals surface area contributed by atoms with Gasteiger partial charge < -0.3 is 19.9 Å². The summed E-state index contributed by atoms with van der Waals surface area (Å²) >= 11 is 0.